The smallest absolute Gasteiger partial charge is 0.317 e. The topological polar surface area (TPSA) is 42.4 Å². The number of hydrogen-bond donors (Lipinski definition) is 0. The molecule has 0 unspecified atom stereocenters. The van der Waals surface area contributed by atoms with Gasteiger partial charge in [-0.25, -0.2) is 4.98 Å². The molecular weight excluding hydrogens is 284 g/mol. The zero-order valence-corrected chi connectivity index (χ0v) is 14.5. The van der Waals surface area contributed by atoms with Gasteiger partial charge in [-0.15, -0.1) is 11.3 Å². The van der Waals surface area contributed by atoms with Gasteiger partial charge in [0.1, 0.15) is 5.41 Å². The van der Waals surface area contributed by atoms with Gasteiger partial charge in [0.25, 0.3) is 0 Å². The van der Waals surface area contributed by atoms with Gasteiger partial charge in [-0.3, -0.25) is 4.79 Å². The average Bonchev–Trinajstić information content (AvgIpc) is 3.10. The highest BCUT2D eigenvalue weighted by Crippen LogP contribution is 2.35. The fraction of sp³-hybridized carbons (Fsp3) is 0.750. The molecule has 2 rings (SSSR count). The van der Waals surface area contributed by atoms with E-state index in [1.165, 1.54) is 12.8 Å². The van der Waals surface area contributed by atoms with Crippen molar-refractivity contribution in [1.82, 2.24) is 4.98 Å². The van der Waals surface area contributed by atoms with E-state index in [1.54, 1.807) is 11.3 Å². The maximum Gasteiger partial charge on any atom is 0.317 e. The fourth-order valence-electron chi connectivity index (χ4n) is 2.19. The van der Waals surface area contributed by atoms with Crippen molar-refractivity contribution in [1.29, 1.82) is 0 Å². The van der Waals surface area contributed by atoms with Crippen LogP contribution in [0.15, 0.2) is 5.38 Å². The van der Waals surface area contributed by atoms with Crippen LogP contribution in [0.4, 0.5) is 5.13 Å². The zero-order valence-electron chi connectivity index (χ0n) is 13.7. The van der Waals surface area contributed by atoms with E-state index in [-0.39, 0.29) is 5.97 Å². The summed E-state index contributed by atoms with van der Waals surface area (Å²) in [6, 6.07) is 0.426. The molecule has 118 valence electrons. The molecule has 0 radical (unpaired) electrons. The van der Waals surface area contributed by atoms with Gasteiger partial charge in [0.05, 0.1) is 12.3 Å². The lowest BCUT2D eigenvalue weighted by Gasteiger charge is -2.26. The van der Waals surface area contributed by atoms with Gasteiger partial charge in [-0.1, -0.05) is 0 Å². The summed E-state index contributed by atoms with van der Waals surface area (Å²) in [6.45, 7) is 11.5. The second kappa shape index (κ2) is 6.34. The van der Waals surface area contributed by atoms with Gasteiger partial charge in [-0.05, 0) is 53.4 Å². The molecule has 1 heterocycles. The Morgan fingerprint density at radius 2 is 2.19 bits per heavy atom. The number of esters is 1. The fourth-order valence-corrected chi connectivity index (χ4v) is 3.32. The number of anilines is 1. The number of rotatable bonds is 7. The standard InChI is InChI=1S/C16H26N2O2S/c1-6-20-14(19)16(4,5)13-10-21-15(17-13)18(11(2)3)9-12-7-8-12/h10-12H,6-9H2,1-5H3. The Morgan fingerprint density at radius 1 is 1.52 bits per heavy atom. The Balaban J connectivity index is 2.16. The number of hydrogen-bond acceptors (Lipinski definition) is 5. The highest BCUT2D eigenvalue weighted by atomic mass is 32.1. The van der Waals surface area contributed by atoms with Crippen LogP contribution < -0.4 is 4.90 Å². The van der Waals surface area contributed by atoms with Crippen molar-refractivity contribution in [2.24, 2.45) is 5.92 Å². The summed E-state index contributed by atoms with van der Waals surface area (Å²) in [6.07, 6.45) is 2.66. The summed E-state index contributed by atoms with van der Waals surface area (Å²) in [7, 11) is 0. The van der Waals surface area contributed by atoms with Crippen molar-refractivity contribution in [3.8, 4) is 0 Å². The summed E-state index contributed by atoms with van der Waals surface area (Å²) < 4.78 is 5.16. The Bertz CT molecular complexity index is 492. The van der Waals surface area contributed by atoms with Crippen LogP contribution in [0.5, 0.6) is 0 Å². The minimum Gasteiger partial charge on any atom is -0.465 e. The number of nitrogens with zero attached hydrogens (tertiary/aromatic N) is 2. The molecule has 1 aromatic rings. The lowest BCUT2D eigenvalue weighted by atomic mass is 9.90. The maximum absolute atomic E-state index is 12.1. The second-order valence-electron chi connectivity index (χ2n) is 6.55. The SMILES string of the molecule is CCOC(=O)C(C)(C)c1csc(N(CC2CC2)C(C)C)n1. The Morgan fingerprint density at radius 3 is 2.71 bits per heavy atom. The van der Waals surface area contributed by atoms with Crippen LogP contribution in [-0.2, 0) is 14.9 Å². The van der Waals surface area contributed by atoms with Crippen LogP contribution in [0.25, 0.3) is 0 Å². The first-order chi connectivity index (χ1) is 9.86. The van der Waals surface area contributed by atoms with Crippen molar-refractivity contribution < 1.29 is 9.53 Å². The number of carbonyl (C=O) groups is 1. The van der Waals surface area contributed by atoms with Crippen molar-refractivity contribution in [2.75, 3.05) is 18.1 Å². The Labute approximate surface area is 131 Å². The van der Waals surface area contributed by atoms with Crippen LogP contribution >= 0.6 is 11.3 Å². The summed E-state index contributed by atoms with van der Waals surface area (Å²) in [5.41, 5.74) is 0.120. The van der Waals surface area contributed by atoms with Crippen molar-refractivity contribution in [2.45, 2.75) is 58.9 Å². The first kappa shape index (κ1) is 16.3. The minimum atomic E-state index is -0.688. The summed E-state index contributed by atoms with van der Waals surface area (Å²) >= 11 is 1.63. The van der Waals surface area contributed by atoms with Crippen molar-refractivity contribution >= 4 is 22.4 Å². The lowest BCUT2D eigenvalue weighted by molar-refractivity contribution is -0.148. The number of thiazole rings is 1. The van der Waals surface area contributed by atoms with E-state index in [4.69, 9.17) is 9.72 Å². The van der Waals surface area contributed by atoms with E-state index in [0.717, 1.165) is 23.3 Å². The van der Waals surface area contributed by atoms with Gasteiger partial charge < -0.3 is 9.64 Å². The van der Waals surface area contributed by atoms with Crippen LogP contribution in [0.3, 0.4) is 0 Å². The number of carbonyl (C=O) groups excluding carboxylic acids is 1. The average molecular weight is 310 g/mol. The third-order valence-electron chi connectivity index (χ3n) is 3.94. The number of ether oxygens (including phenoxy) is 1. The molecule has 5 heteroatoms. The molecular formula is C16H26N2O2S. The quantitative estimate of drug-likeness (QED) is 0.722. The van der Waals surface area contributed by atoms with Gasteiger partial charge in [0.15, 0.2) is 5.13 Å². The molecule has 1 aliphatic carbocycles. The van der Waals surface area contributed by atoms with Gasteiger partial charge in [0, 0.05) is 18.0 Å². The summed E-state index contributed by atoms with van der Waals surface area (Å²) in [5.74, 6) is 0.609. The second-order valence-corrected chi connectivity index (χ2v) is 7.39. The van der Waals surface area contributed by atoms with Crippen LogP contribution in [0.1, 0.15) is 53.2 Å². The number of aromatic nitrogens is 1. The molecule has 1 aromatic heterocycles. The molecule has 1 fully saturated rings. The van der Waals surface area contributed by atoms with Gasteiger partial charge in [-0.2, -0.15) is 0 Å². The molecule has 0 saturated heterocycles. The van der Waals surface area contributed by atoms with E-state index in [9.17, 15) is 4.79 Å². The first-order valence-electron chi connectivity index (χ1n) is 7.76. The third-order valence-corrected chi connectivity index (χ3v) is 4.82. The molecule has 0 aromatic carbocycles. The van der Waals surface area contributed by atoms with E-state index in [0.29, 0.717) is 12.6 Å². The predicted molar refractivity (Wildman–Crippen MR) is 87.0 cm³/mol. The lowest BCUT2D eigenvalue weighted by Crippen LogP contribution is -2.34. The minimum absolute atomic E-state index is 0.208. The molecule has 0 aliphatic heterocycles. The predicted octanol–water partition coefficient (Wildman–Crippen LogP) is 3.61. The zero-order chi connectivity index (χ0) is 15.6. The van der Waals surface area contributed by atoms with Gasteiger partial charge in [0.2, 0.25) is 0 Å². The van der Waals surface area contributed by atoms with Crippen LogP contribution in [0.2, 0.25) is 0 Å². The monoisotopic (exact) mass is 310 g/mol. The Hall–Kier alpha value is -1.10. The van der Waals surface area contributed by atoms with Crippen molar-refractivity contribution in [3.05, 3.63) is 11.1 Å². The molecule has 0 N–H and O–H groups in total. The first-order valence-corrected chi connectivity index (χ1v) is 8.64. The molecule has 0 amide bonds. The van der Waals surface area contributed by atoms with E-state index < -0.39 is 5.41 Å². The third kappa shape index (κ3) is 3.76. The molecule has 0 spiro atoms. The van der Waals surface area contributed by atoms with Crippen LogP contribution in [0, 0.1) is 5.92 Å². The molecule has 0 bridgehead atoms. The normalized spacial score (nSPS) is 15.3. The largest absolute Gasteiger partial charge is 0.465 e. The molecule has 1 aliphatic rings. The van der Waals surface area contributed by atoms with E-state index in [1.807, 2.05) is 26.2 Å². The highest BCUT2D eigenvalue weighted by Gasteiger charge is 2.35. The molecule has 1 saturated carbocycles. The maximum atomic E-state index is 12.1. The molecule has 0 atom stereocenters. The molecule has 21 heavy (non-hydrogen) atoms. The summed E-state index contributed by atoms with van der Waals surface area (Å²) in [5, 5.41) is 3.01. The van der Waals surface area contributed by atoms with E-state index >= 15 is 0 Å². The highest BCUT2D eigenvalue weighted by molar-refractivity contribution is 7.13. The summed E-state index contributed by atoms with van der Waals surface area (Å²) in [4.78, 5) is 19.2. The van der Waals surface area contributed by atoms with Crippen molar-refractivity contribution in [3.63, 3.8) is 0 Å². The molecule has 4 nitrogen and oxygen atoms in total. The van der Waals surface area contributed by atoms with E-state index in [2.05, 4.69) is 18.7 Å². The Kier molecular flexibility index (Phi) is 4.91. The van der Waals surface area contributed by atoms with Gasteiger partial charge >= 0.3 is 5.97 Å². The van der Waals surface area contributed by atoms with Crippen LogP contribution in [-0.4, -0.2) is 30.1 Å².